The molecule has 28 heavy (non-hydrogen) atoms. The van der Waals surface area contributed by atoms with Crippen molar-refractivity contribution in [3.05, 3.63) is 71.0 Å². The molecule has 0 unspecified atom stereocenters. The molecule has 0 saturated carbocycles. The van der Waals surface area contributed by atoms with Crippen LogP contribution in [0.25, 0.3) is 0 Å². The zero-order chi connectivity index (χ0) is 19.6. The molecule has 0 spiro atoms. The van der Waals surface area contributed by atoms with Gasteiger partial charge in [0.2, 0.25) is 5.91 Å². The maximum Gasteiger partial charge on any atom is 0.230 e. The van der Waals surface area contributed by atoms with Crippen LogP contribution in [-0.4, -0.2) is 29.9 Å². The quantitative estimate of drug-likeness (QED) is 0.862. The number of halogens is 1. The van der Waals surface area contributed by atoms with E-state index in [1.165, 1.54) is 17.2 Å². The molecule has 2 aliphatic rings. The second-order valence-corrected chi connectivity index (χ2v) is 8.46. The first-order valence-corrected chi connectivity index (χ1v) is 10.4. The Hall–Kier alpha value is -2.20. The summed E-state index contributed by atoms with van der Waals surface area (Å²) >= 11 is 0. The van der Waals surface area contributed by atoms with E-state index < -0.39 is 5.41 Å². The van der Waals surface area contributed by atoms with Gasteiger partial charge in [0, 0.05) is 31.2 Å². The molecule has 4 heteroatoms. The number of carbonyl (C=O) groups excluding carboxylic acids is 1. The molecule has 1 aliphatic heterocycles. The van der Waals surface area contributed by atoms with Gasteiger partial charge in [-0.3, -0.25) is 9.69 Å². The Morgan fingerprint density at radius 3 is 2.64 bits per heavy atom. The largest absolute Gasteiger partial charge is 0.353 e. The molecule has 3 nitrogen and oxygen atoms in total. The number of hydrogen-bond donors (Lipinski definition) is 1. The predicted octanol–water partition coefficient (Wildman–Crippen LogP) is 4.20. The molecular formula is C24H29FN2O. The van der Waals surface area contributed by atoms with E-state index in [9.17, 15) is 9.18 Å². The van der Waals surface area contributed by atoms with E-state index in [2.05, 4.69) is 35.3 Å². The maximum atomic E-state index is 13.9. The topological polar surface area (TPSA) is 32.3 Å². The lowest BCUT2D eigenvalue weighted by Gasteiger charge is -2.38. The minimum atomic E-state index is -0.431. The Bertz CT molecular complexity index is 844. The minimum Gasteiger partial charge on any atom is -0.353 e. The first-order valence-electron chi connectivity index (χ1n) is 10.4. The number of fused-ring (bicyclic) bond motifs is 1. The maximum absolute atomic E-state index is 13.9. The second kappa shape index (κ2) is 8.04. The van der Waals surface area contributed by atoms with Gasteiger partial charge in [0.05, 0.1) is 5.41 Å². The van der Waals surface area contributed by atoms with Crippen molar-refractivity contribution in [2.24, 2.45) is 0 Å². The highest BCUT2D eigenvalue weighted by Gasteiger charge is 2.39. The first kappa shape index (κ1) is 19.1. The van der Waals surface area contributed by atoms with Crippen LogP contribution in [0.15, 0.2) is 48.5 Å². The van der Waals surface area contributed by atoms with Gasteiger partial charge >= 0.3 is 0 Å². The van der Waals surface area contributed by atoms with Crippen molar-refractivity contribution in [2.75, 3.05) is 13.1 Å². The van der Waals surface area contributed by atoms with E-state index in [0.29, 0.717) is 6.54 Å². The van der Waals surface area contributed by atoms with Crippen LogP contribution in [0.3, 0.4) is 0 Å². The van der Waals surface area contributed by atoms with E-state index in [0.717, 1.165) is 50.8 Å². The number of aryl methyl sites for hydroxylation is 1. The molecule has 148 valence electrons. The number of carbonyl (C=O) groups is 1. The molecule has 1 atom stereocenters. The Balaban J connectivity index is 1.35. The summed E-state index contributed by atoms with van der Waals surface area (Å²) in [6.07, 6.45) is 4.85. The van der Waals surface area contributed by atoms with Crippen molar-refractivity contribution in [3.63, 3.8) is 0 Å². The Morgan fingerprint density at radius 1 is 1.14 bits per heavy atom. The summed E-state index contributed by atoms with van der Waals surface area (Å²) < 4.78 is 13.9. The van der Waals surface area contributed by atoms with Gasteiger partial charge in [0.1, 0.15) is 5.82 Å². The fourth-order valence-corrected chi connectivity index (χ4v) is 4.73. The average molecular weight is 381 g/mol. The molecule has 2 aromatic rings. The van der Waals surface area contributed by atoms with Crippen molar-refractivity contribution >= 4 is 5.91 Å². The van der Waals surface area contributed by atoms with Crippen LogP contribution in [-0.2, 0) is 23.2 Å². The van der Waals surface area contributed by atoms with Gasteiger partial charge < -0.3 is 5.32 Å². The van der Waals surface area contributed by atoms with E-state index in [1.807, 2.05) is 18.2 Å². The number of nitrogens with zero attached hydrogens (tertiary/aromatic N) is 1. The monoisotopic (exact) mass is 380 g/mol. The normalized spacial score (nSPS) is 23.2. The van der Waals surface area contributed by atoms with Gasteiger partial charge in [-0.1, -0.05) is 42.5 Å². The van der Waals surface area contributed by atoms with Gasteiger partial charge in [-0.05, 0) is 56.2 Å². The van der Waals surface area contributed by atoms with Crippen molar-refractivity contribution in [1.29, 1.82) is 0 Å². The van der Waals surface area contributed by atoms with Gasteiger partial charge in [0.25, 0.3) is 0 Å². The van der Waals surface area contributed by atoms with E-state index in [-0.39, 0.29) is 17.8 Å². The molecule has 1 aliphatic carbocycles. The summed E-state index contributed by atoms with van der Waals surface area (Å²) in [7, 11) is 0. The van der Waals surface area contributed by atoms with Crippen LogP contribution in [0.4, 0.5) is 4.39 Å². The predicted molar refractivity (Wildman–Crippen MR) is 110 cm³/mol. The SMILES string of the molecule is C[C@]1(C(=O)NC2CCN(Cc3ccccc3F)CC2)CCCc2ccccc21. The summed E-state index contributed by atoms with van der Waals surface area (Å²) in [6, 6.07) is 15.6. The average Bonchev–Trinajstić information content (AvgIpc) is 2.71. The van der Waals surface area contributed by atoms with Crippen LogP contribution in [0.1, 0.15) is 49.3 Å². The molecule has 1 saturated heterocycles. The van der Waals surface area contributed by atoms with Gasteiger partial charge in [-0.15, -0.1) is 0 Å². The summed E-state index contributed by atoms with van der Waals surface area (Å²) in [5, 5.41) is 3.33. The lowest BCUT2D eigenvalue weighted by atomic mass is 9.70. The highest BCUT2D eigenvalue weighted by Crippen LogP contribution is 2.37. The van der Waals surface area contributed by atoms with Crippen LogP contribution in [0.2, 0.25) is 0 Å². The summed E-state index contributed by atoms with van der Waals surface area (Å²) in [5.41, 5.74) is 2.82. The van der Waals surface area contributed by atoms with E-state index >= 15 is 0 Å². The van der Waals surface area contributed by atoms with E-state index in [1.54, 1.807) is 6.07 Å². The standard InChI is InChI=1S/C24H29FN2O/c1-24(14-6-9-18-7-2-4-10-21(18)24)23(28)26-20-12-15-27(16-13-20)17-19-8-3-5-11-22(19)25/h2-5,7-8,10-11,20H,6,9,12-17H2,1H3,(H,26,28)/t24-/m0/s1. The molecule has 1 N–H and O–H groups in total. The van der Waals surface area contributed by atoms with Crippen LogP contribution >= 0.6 is 0 Å². The van der Waals surface area contributed by atoms with Crippen LogP contribution in [0.5, 0.6) is 0 Å². The number of piperidine rings is 1. The Morgan fingerprint density at radius 2 is 1.86 bits per heavy atom. The van der Waals surface area contributed by atoms with Crippen molar-refractivity contribution in [2.45, 2.75) is 57.0 Å². The summed E-state index contributed by atoms with van der Waals surface area (Å²) in [4.78, 5) is 15.5. The smallest absolute Gasteiger partial charge is 0.230 e. The van der Waals surface area contributed by atoms with Crippen LogP contribution in [0, 0.1) is 5.82 Å². The lowest BCUT2D eigenvalue weighted by molar-refractivity contribution is -0.127. The molecule has 2 aromatic carbocycles. The zero-order valence-electron chi connectivity index (χ0n) is 16.6. The van der Waals surface area contributed by atoms with Crippen LogP contribution < -0.4 is 5.32 Å². The number of nitrogens with one attached hydrogen (secondary N) is 1. The molecule has 0 radical (unpaired) electrons. The molecule has 1 amide bonds. The number of hydrogen-bond acceptors (Lipinski definition) is 2. The number of rotatable bonds is 4. The zero-order valence-corrected chi connectivity index (χ0v) is 16.6. The molecular weight excluding hydrogens is 351 g/mol. The highest BCUT2D eigenvalue weighted by molar-refractivity contribution is 5.88. The van der Waals surface area contributed by atoms with Gasteiger partial charge in [0.15, 0.2) is 0 Å². The number of benzene rings is 2. The third-order valence-electron chi connectivity index (χ3n) is 6.51. The molecule has 4 rings (SSSR count). The van der Waals surface area contributed by atoms with Crippen molar-refractivity contribution < 1.29 is 9.18 Å². The minimum absolute atomic E-state index is 0.137. The number of amides is 1. The fourth-order valence-electron chi connectivity index (χ4n) is 4.73. The lowest BCUT2D eigenvalue weighted by Crippen LogP contribution is -2.51. The summed E-state index contributed by atoms with van der Waals surface area (Å²) in [5.74, 6) is 0.0222. The highest BCUT2D eigenvalue weighted by atomic mass is 19.1. The van der Waals surface area contributed by atoms with Crippen molar-refractivity contribution in [1.82, 2.24) is 10.2 Å². The van der Waals surface area contributed by atoms with Crippen molar-refractivity contribution in [3.8, 4) is 0 Å². The molecule has 0 bridgehead atoms. The first-order chi connectivity index (χ1) is 13.6. The molecule has 1 heterocycles. The Labute approximate surface area is 166 Å². The van der Waals surface area contributed by atoms with Gasteiger partial charge in [-0.2, -0.15) is 0 Å². The number of likely N-dealkylation sites (tertiary alicyclic amines) is 1. The second-order valence-electron chi connectivity index (χ2n) is 8.46. The molecule has 1 fully saturated rings. The fraction of sp³-hybridized carbons (Fsp3) is 0.458. The third-order valence-corrected chi connectivity index (χ3v) is 6.51. The summed E-state index contributed by atoms with van der Waals surface area (Å²) in [6.45, 7) is 4.49. The van der Waals surface area contributed by atoms with E-state index in [4.69, 9.17) is 0 Å². The Kier molecular flexibility index (Phi) is 5.49. The van der Waals surface area contributed by atoms with Gasteiger partial charge in [-0.25, -0.2) is 4.39 Å². The third kappa shape index (κ3) is 3.83. The molecule has 0 aromatic heterocycles.